The molecule has 3 atom stereocenters. The first-order chi connectivity index (χ1) is 21.7. The van der Waals surface area contributed by atoms with Gasteiger partial charge in [0, 0.05) is 0 Å². The van der Waals surface area contributed by atoms with Crippen LogP contribution in [0, 0.1) is 0 Å². The van der Waals surface area contributed by atoms with E-state index in [1.807, 2.05) is 20.8 Å². The molecule has 0 radical (unpaired) electrons. The minimum atomic E-state index is -0.651. The number of hydrogen-bond acceptors (Lipinski definition) is 10. The average molecular weight is 617 g/mol. The van der Waals surface area contributed by atoms with Crippen molar-refractivity contribution in [1.29, 1.82) is 0 Å². The molecule has 236 valence electrons. The second kappa shape index (κ2) is 16.1. The third kappa shape index (κ3) is 10.3. The van der Waals surface area contributed by atoms with Crippen LogP contribution in [-0.2, 0) is 9.47 Å². The summed E-state index contributed by atoms with van der Waals surface area (Å²) >= 11 is 0. The molecule has 0 heterocycles. The highest BCUT2D eigenvalue weighted by atomic mass is 16.6. The van der Waals surface area contributed by atoms with Crippen LogP contribution in [0.15, 0.2) is 97.1 Å². The van der Waals surface area contributed by atoms with Gasteiger partial charge in [0.2, 0.25) is 0 Å². The molecule has 0 bridgehead atoms. The maximum atomic E-state index is 12.3. The van der Waals surface area contributed by atoms with E-state index in [1.165, 1.54) is 24.3 Å². The first kappa shape index (κ1) is 32.8. The fourth-order valence-corrected chi connectivity index (χ4v) is 4.07. The average Bonchev–Trinajstić information content (AvgIpc) is 3.02. The Hall–Kier alpha value is -5.06. The lowest BCUT2D eigenvalue weighted by atomic mass is 10.2. The van der Waals surface area contributed by atoms with Gasteiger partial charge in [-0.1, -0.05) is 24.3 Å². The summed E-state index contributed by atoms with van der Waals surface area (Å²) in [7, 11) is 0. The van der Waals surface area contributed by atoms with Crippen LogP contribution in [0.3, 0.4) is 0 Å². The number of phenolic OH excluding ortho intramolecular Hbond substituents is 2. The number of carbonyl (C=O) groups excluding carboxylic acids is 2. The lowest BCUT2D eigenvalue weighted by molar-refractivity contribution is -0.0428. The molecule has 0 amide bonds. The van der Waals surface area contributed by atoms with Crippen LogP contribution in [0.5, 0.6) is 34.5 Å². The Bertz CT molecular complexity index is 1540. The van der Waals surface area contributed by atoms with Crippen LogP contribution in [0.1, 0.15) is 41.5 Å². The van der Waals surface area contributed by atoms with Gasteiger partial charge in [0.05, 0.1) is 25.9 Å². The highest BCUT2D eigenvalue weighted by Crippen LogP contribution is 2.24. The van der Waals surface area contributed by atoms with Crippen molar-refractivity contribution in [2.75, 3.05) is 19.8 Å². The molecule has 3 unspecified atom stereocenters. The van der Waals surface area contributed by atoms with Gasteiger partial charge in [0.25, 0.3) is 0 Å². The number of ether oxygens (including phenoxy) is 6. The van der Waals surface area contributed by atoms with E-state index < -0.39 is 11.9 Å². The summed E-state index contributed by atoms with van der Waals surface area (Å²) in [6.45, 7) is 6.70. The predicted octanol–water partition coefficient (Wildman–Crippen LogP) is 6.19. The summed E-state index contributed by atoms with van der Waals surface area (Å²) in [5.41, 5.74) is 0.171. The number of carbonyl (C=O) groups is 2. The lowest BCUT2D eigenvalue weighted by Crippen LogP contribution is -2.27. The van der Waals surface area contributed by atoms with Crippen molar-refractivity contribution in [3.63, 3.8) is 0 Å². The molecule has 0 aliphatic rings. The summed E-state index contributed by atoms with van der Waals surface area (Å²) in [5, 5.41) is 19.6. The molecule has 10 nitrogen and oxygen atoms in total. The van der Waals surface area contributed by atoms with Gasteiger partial charge in [0.15, 0.2) is 0 Å². The molecule has 0 aliphatic heterocycles. The molecule has 0 saturated carbocycles. The van der Waals surface area contributed by atoms with E-state index in [2.05, 4.69) is 0 Å². The van der Waals surface area contributed by atoms with Crippen LogP contribution >= 0.6 is 0 Å². The number of rotatable bonds is 15. The first-order valence-corrected chi connectivity index (χ1v) is 14.4. The summed E-state index contributed by atoms with van der Waals surface area (Å²) in [6.07, 6.45) is -0.669. The fraction of sp³-hybridized carbons (Fsp3) is 0.257. The molecule has 0 aromatic heterocycles. The second-order valence-corrected chi connectivity index (χ2v) is 10.3. The molecule has 0 spiro atoms. The zero-order valence-electron chi connectivity index (χ0n) is 25.3. The van der Waals surface area contributed by atoms with Gasteiger partial charge < -0.3 is 38.6 Å². The van der Waals surface area contributed by atoms with E-state index in [4.69, 9.17) is 28.4 Å². The van der Waals surface area contributed by atoms with E-state index in [9.17, 15) is 19.8 Å². The van der Waals surface area contributed by atoms with Crippen molar-refractivity contribution in [2.45, 2.75) is 39.1 Å². The summed E-state index contributed by atoms with van der Waals surface area (Å²) in [5.74, 6) is 0.239. The van der Waals surface area contributed by atoms with Crippen LogP contribution in [0.4, 0.5) is 0 Å². The zero-order chi connectivity index (χ0) is 32.2. The van der Waals surface area contributed by atoms with Gasteiger partial charge in [-0.15, -0.1) is 0 Å². The number of aromatic hydroxyl groups is 2. The number of para-hydroxylation sites is 2. The molecule has 0 fully saturated rings. The smallest absolute Gasteiger partial charge is 0.347 e. The van der Waals surface area contributed by atoms with Crippen molar-refractivity contribution in [1.82, 2.24) is 0 Å². The molecular formula is C35H36O10. The molecular weight excluding hydrogens is 580 g/mol. The Morgan fingerprint density at radius 3 is 1.36 bits per heavy atom. The highest BCUT2D eigenvalue weighted by Gasteiger charge is 2.15. The minimum absolute atomic E-state index is 0.0857. The van der Waals surface area contributed by atoms with E-state index in [1.54, 1.807) is 72.8 Å². The van der Waals surface area contributed by atoms with E-state index in [0.29, 0.717) is 42.8 Å². The van der Waals surface area contributed by atoms with Gasteiger partial charge in [-0.3, -0.25) is 0 Å². The quantitative estimate of drug-likeness (QED) is 0.118. The number of benzene rings is 4. The van der Waals surface area contributed by atoms with Gasteiger partial charge in [-0.05, 0) is 93.6 Å². The van der Waals surface area contributed by atoms with Crippen LogP contribution in [-0.4, -0.2) is 60.3 Å². The van der Waals surface area contributed by atoms with Crippen LogP contribution in [0.25, 0.3) is 0 Å². The molecule has 0 saturated heterocycles. The third-order valence-corrected chi connectivity index (χ3v) is 6.31. The minimum Gasteiger partial charge on any atom is -0.507 e. The molecule has 4 rings (SSSR count). The SMILES string of the molecule is CC(COCC(C)Oc1ccc(OC(=O)c2ccccc2O)cc1)OCC(C)Oc1ccc(OC(=O)c2ccccc2O)cc1. The van der Waals surface area contributed by atoms with Gasteiger partial charge >= 0.3 is 11.9 Å². The summed E-state index contributed by atoms with van der Waals surface area (Å²) in [4.78, 5) is 24.5. The number of hydrogen-bond donors (Lipinski definition) is 2. The van der Waals surface area contributed by atoms with Crippen molar-refractivity contribution >= 4 is 11.9 Å². The van der Waals surface area contributed by atoms with Crippen molar-refractivity contribution < 1.29 is 48.2 Å². The van der Waals surface area contributed by atoms with Crippen molar-refractivity contribution in [3.05, 3.63) is 108 Å². The molecule has 4 aromatic carbocycles. The zero-order valence-corrected chi connectivity index (χ0v) is 25.3. The molecule has 4 aromatic rings. The summed E-state index contributed by atoms with van der Waals surface area (Å²) < 4.78 is 34.0. The Morgan fingerprint density at radius 1 is 0.533 bits per heavy atom. The van der Waals surface area contributed by atoms with Crippen LogP contribution < -0.4 is 18.9 Å². The molecule has 2 N–H and O–H groups in total. The van der Waals surface area contributed by atoms with Crippen molar-refractivity contribution in [3.8, 4) is 34.5 Å². The van der Waals surface area contributed by atoms with Gasteiger partial charge in [-0.2, -0.15) is 0 Å². The number of phenols is 2. The van der Waals surface area contributed by atoms with Gasteiger partial charge in [0.1, 0.15) is 57.8 Å². The fourth-order valence-electron chi connectivity index (χ4n) is 4.07. The number of esters is 2. The molecule has 45 heavy (non-hydrogen) atoms. The predicted molar refractivity (Wildman–Crippen MR) is 165 cm³/mol. The summed E-state index contributed by atoms with van der Waals surface area (Å²) in [6, 6.07) is 25.6. The van der Waals surface area contributed by atoms with Crippen molar-refractivity contribution in [2.24, 2.45) is 0 Å². The van der Waals surface area contributed by atoms with Crippen LogP contribution in [0.2, 0.25) is 0 Å². The van der Waals surface area contributed by atoms with Gasteiger partial charge in [-0.25, -0.2) is 9.59 Å². The Labute approximate surface area is 261 Å². The van der Waals surface area contributed by atoms with E-state index in [-0.39, 0.29) is 40.9 Å². The second-order valence-electron chi connectivity index (χ2n) is 10.3. The topological polar surface area (TPSA) is 130 Å². The van der Waals surface area contributed by atoms with E-state index in [0.717, 1.165) is 0 Å². The maximum Gasteiger partial charge on any atom is 0.347 e. The largest absolute Gasteiger partial charge is 0.507 e. The molecule has 10 heteroatoms. The van der Waals surface area contributed by atoms with E-state index >= 15 is 0 Å². The Kier molecular flexibility index (Phi) is 11.8. The lowest BCUT2D eigenvalue weighted by Gasteiger charge is -2.20. The highest BCUT2D eigenvalue weighted by molar-refractivity contribution is 5.94. The normalized spacial score (nSPS) is 12.9. The Morgan fingerprint density at radius 2 is 0.911 bits per heavy atom. The Balaban J connectivity index is 1.10. The third-order valence-electron chi connectivity index (χ3n) is 6.31. The molecule has 0 aliphatic carbocycles. The maximum absolute atomic E-state index is 12.3. The monoisotopic (exact) mass is 616 g/mol. The first-order valence-electron chi connectivity index (χ1n) is 14.4. The standard InChI is InChI=1S/C35H36O10/c1-23(41-22-25(3)43-27-14-18-29(19-15-27)45-35(39)31-9-5-7-11-33(31)37)20-40-21-24(2)42-26-12-16-28(17-13-26)44-34(38)30-8-4-6-10-32(30)36/h4-19,23-25,36-37H,20-22H2,1-3H3.